The number of nitrogens with zero attached hydrogens (tertiary/aromatic N) is 2. The summed E-state index contributed by atoms with van der Waals surface area (Å²) in [5.41, 5.74) is 2.03. The van der Waals surface area contributed by atoms with Crippen molar-refractivity contribution < 1.29 is 19.1 Å². The molecule has 0 radical (unpaired) electrons. The van der Waals surface area contributed by atoms with E-state index in [1.807, 2.05) is 12.1 Å². The van der Waals surface area contributed by atoms with Gasteiger partial charge in [0, 0.05) is 29.8 Å². The number of carbonyl (C=O) groups is 3. The van der Waals surface area contributed by atoms with Crippen molar-refractivity contribution in [2.45, 2.75) is 31.3 Å². The van der Waals surface area contributed by atoms with Crippen LogP contribution in [0.15, 0.2) is 48.5 Å². The molecule has 3 atom stereocenters. The second kappa shape index (κ2) is 11.3. The zero-order valence-electron chi connectivity index (χ0n) is 20.2. The summed E-state index contributed by atoms with van der Waals surface area (Å²) < 4.78 is 5.36. The molecule has 2 aromatic carbocycles. The van der Waals surface area contributed by atoms with Gasteiger partial charge in [-0.15, -0.1) is 0 Å². The number of H-pyrrole nitrogens is 1. The maximum absolute atomic E-state index is 13.3. The van der Waals surface area contributed by atoms with Crippen LogP contribution in [0.2, 0.25) is 0 Å². The van der Waals surface area contributed by atoms with Crippen molar-refractivity contribution in [3.63, 3.8) is 0 Å². The van der Waals surface area contributed by atoms with Crippen LogP contribution in [-0.2, 0) is 16.0 Å². The maximum Gasteiger partial charge on any atom is 0.268 e. The minimum atomic E-state index is -1.04. The molecular formula is C27H26N6O4. The van der Waals surface area contributed by atoms with Crippen LogP contribution in [-0.4, -0.2) is 48.4 Å². The van der Waals surface area contributed by atoms with E-state index < -0.39 is 23.9 Å². The Morgan fingerprint density at radius 3 is 2.68 bits per heavy atom. The number of nitriles is 2. The molecule has 0 bridgehead atoms. The summed E-state index contributed by atoms with van der Waals surface area (Å²) in [6.45, 7) is 0.540. The molecule has 4 rings (SSSR count). The predicted octanol–water partition coefficient (Wildman–Crippen LogP) is 1.92. The molecule has 4 N–H and O–H groups in total. The monoisotopic (exact) mass is 498 g/mol. The lowest BCUT2D eigenvalue weighted by molar-refractivity contribution is -0.125. The Bertz CT molecular complexity index is 1420. The van der Waals surface area contributed by atoms with Gasteiger partial charge < -0.3 is 25.7 Å². The minimum Gasteiger partial charge on any atom is -0.496 e. The lowest BCUT2D eigenvalue weighted by Crippen LogP contribution is -2.51. The number of hydrogen-bond donors (Lipinski definition) is 4. The molecule has 10 heteroatoms. The molecule has 1 unspecified atom stereocenters. The fraction of sp³-hybridized carbons (Fsp3) is 0.296. The Hall–Kier alpha value is -4.83. The fourth-order valence-corrected chi connectivity index (χ4v) is 4.45. The van der Waals surface area contributed by atoms with Crippen LogP contribution in [0.4, 0.5) is 0 Å². The lowest BCUT2D eigenvalue weighted by atomic mass is 9.98. The standard InChI is InChI=1S/C27H26N6O4/c1-37-24-7-3-6-21-20(24)13-23(32-21)27(36)33-22(11-16-4-2-5-17(10-16)14-28)26(35)31-19(15-29)12-18-8-9-30-25(18)34/h2-7,10,13,18-19,22,32H,8-9,11-12H2,1H3,(H,30,34)(H,31,35)(H,33,36)/t18?,19-,22-/m0/s1. The number of amides is 3. The van der Waals surface area contributed by atoms with Crippen molar-refractivity contribution in [2.24, 2.45) is 5.92 Å². The highest BCUT2D eigenvalue weighted by Gasteiger charge is 2.30. The number of carbonyl (C=O) groups excluding carboxylic acids is 3. The SMILES string of the molecule is COc1cccc2[nH]c(C(=O)N[C@@H](Cc3cccc(C#N)c3)C(=O)N[C@H](C#N)CC3CCNC3=O)cc12. The van der Waals surface area contributed by atoms with Crippen LogP contribution >= 0.6 is 0 Å². The Labute approximate surface area is 213 Å². The number of aromatic nitrogens is 1. The summed E-state index contributed by atoms with van der Waals surface area (Å²) in [6.07, 6.45) is 0.872. The predicted molar refractivity (Wildman–Crippen MR) is 134 cm³/mol. The number of methoxy groups -OCH3 is 1. The molecule has 2 heterocycles. The number of ether oxygens (including phenoxy) is 1. The molecule has 188 valence electrons. The van der Waals surface area contributed by atoms with Crippen molar-refractivity contribution in [3.8, 4) is 17.9 Å². The van der Waals surface area contributed by atoms with Crippen LogP contribution in [0, 0.1) is 28.6 Å². The fourth-order valence-electron chi connectivity index (χ4n) is 4.45. The number of hydrogen-bond acceptors (Lipinski definition) is 6. The van der Waals surface area contributed by atoms with E-state index in [2.05, 4.69) is 27.0 Å². The van der Waals surface area contributed by atoms with Gasteiger partial charge in [-0.1, -0.05) is 18.2 Å². The molecule has 1 fully saturated rings. The molecule has 1 aliphatic rings. The largest absolute Gasteiger partial charge is 0.496 e. The Balaban J connectivity index is 1.55. The number of aromatic amines is 1. The molecule has 3 amide bonds. The van der Waals surface area contributed by atoms with Gasteiger partial charge in [-0.2, -0.15) is 10.5 Å². The Kier molecular flexibility index (Phi) is 7.70. The smallest absolute Gasteiger partial charge is 0.268 e. The Morgan fingerprint density at radius 1 is 1.16 bits per heavy atom. The van der Waals surface area contributed by atoms with Gasteiger partial charge in [0.15, 0.2) is 0 Å². The van der Waals surface area contributed by atoms with Crippen molar-refractivity contribution in [2.75, 3.05) is 13.7 Å². The third-order valence-electron chi connectivity index (χ3n) is 6.36. The van der Waals surface area contributed by atoms with E-state index in [0.29, 0.717) is 35.4 Å². The molecule has 3 aromatic rings. The average molecular weight is 499 g/mol. The molecule has 0 spiro atoms. The van der Waals surface area contributed by atoms with E-state index in [1.54, 1.807) is 42.5 Å². The van der Waals surface area contributed by atoms with Crippen molar-refractivity contribution in [1.82, 2.24) is 20.9 Å². The molecule has 1 aromatic heterocycles. The maximum atomic E-state index is 13.3. The second-order valence-electron chi connectivity index (χ2n) is 8.85. The van der Waals surface area contributed by atoms with Crippen LogP contribution in [0.5, 0.6) is 5.75 Å². The van der Waals surface area contributed by atoms with Gasteiger partial charge in [-0.3, -0.25) is 14.4 Å². The first kappa shape index (κ1) is 25.3. The molecule has 1 aliphatic heterocycles. The van der Waals surface area contributed by atoms with Gasteiger partial charge in [0.05, 0.1) is 24.8 Å². The van der Waals surface area contributed by atoms with E-state index in [1.165, 1.54) is 7.11 Å². The van der Waals surface area contributed by atoms with E-state index in [9.17, 15) is 24.9 Å². The summed E-state index contributed by atoms with van der Waals surface area (Å²) >= 11 is 0. The van der Waals surface area contributed by atoms with E-state index in [4.69, 9.17) is 4.74 Å². The summed E-state index contributed by atoms with van der Waals surface area (Å²) in [6, 6.07) is 15.9. The van der Waals surface area contributed by atoms with Crippen molar-refractivity contribution >= 4 is 28.6 Å². The minimum absolute atomic E-state index is 0.0959. The molecule has 37 heavy (non-hydrogen) atoms. The first-order valence-electron chi connectivity index (χ1n) is 11.8. The third-order valence-corrected chi connectivity index (χ3v) is 6.36. The Morgan fingerprint density at radius 2 is 1.97 bits per heavy atom. The van der Waals surface area contributed by atoms with Crippen molar-refractivity contribution in [1.29, 1.82) is 10.5 Å². The van der Waals surface area contributed by atoms with Crippen LogP contribution in [0.25, 0.3) is 10.9 Å². The number of nitrogens with one attached hydrogen (secondary N) is 4. The van der Waals surface area contributed by atoms with Crippen molar-refractivity contribution in [3.05, 3.63) is 65.4 Å². The zero-order valence-corrected chi connectivity index (χ0v) is 20.2. The van der Waals surface area contributed by atoms with Gasteiger partial charge >= 0.3 is 0 Å². The van der Waals surface area contributed by atoms with E-state index >= 15 is 0 Å². The summed E-state index contributed by atoms with van der Waals surface area (Å²) in [4.78, 5) is 41.5. The summed E-state index contributed by atoms with van der Waals surface area (Å²) in [5, 5.41) is 27.7. The van der Waals surface area contributed by atoms with Crippen LogP contribution in [0.1, 0.15) is 34.5 Å². The second-order valence-corrected chi connectivity index (χ2v) is 8.85. The molecule has 0 saturated carbocycles. The third kappa shape index (κ3) is 5.88. The topological polar surface area (TPSA) is 160 Å². The molecule has 0 aliphatic carbocycles. The van der Waals surface area contributed by atoms with Gasteiger partial charge in [0.25, 0.3) is 5.91 Å². The highest BCUT2D eigenvalue weighted by Crippen LogP contribution is 2.26. The summed E-state index contributed by atoms with van der Waals surface area (Å²) in [5.74, 6) is -0.968. The normalized spacial score (nSPS) is 16.2. The first-order valence-corrected chi connectivity index (χ1v) is 11.8. The lowest BCUT2D eigenvalue weighted by Gasteiger charge is -2.21. The quantitative estimate of drug-likeness (QED) is 0.353. The van der Waals surface area contributed by atoms with Crippen LogP contribution < -0.4 is 20.7 Å². The highest BCUT2D eigenvalue weighted by molar-refractivity contribution is 6.01. The zero-order chi connectivity index (χ0) is 26.4. The highest BCUT2D eigenvalue weighted by atomic mass is 16.5. The van der Waals surface area contributed by atoms with Gasteiger partial charge in [0.1, 0.15) is 23.5 Å². The van der Waals surface area contributed by atoms with Gasteiger partial charge in [0.2, 0.25) is 11.8 Å². The average Bonchev–Trinajstić information content (AvgIpc) is 3.53. The van der Waals surface area contributed by atoms with Gasteiger partial charge in [-0.25, -0.2) is 0 Å². The molecule has 1 saturated heterocycles. The molecule has 10 nitrogen and oxygen atoms in total. The van der Waals surface area contributed by atoms with Crippen LogP contribution in [0.3, 0.4) is 0 Å². The molecular weight excluding hydrogens is 472 g/mol. The number of fused-ring (bicyclic) bond motifs is 1. The first-order chi connectivity index (χ1) is 17.9. The van der Waals surface area contributed by atoms with E-state index in [-0.39, 0.29) is 30.4 Å². The van der Waals surface area contributed by atoms with E-state index in [0.717, 1.165) is 5.39 Å². The summed E-state index contributed by atoms with van der Waals surface area (Å²) in [7, 11) is 1.54. The van der Waals surface area contributed by atoms with Gasteiger partial charge in [-0.05, 0) is 48.7 Å². The number of benzene rings is 2. The number of rotatable bonds is 9.